The number of allylic oxidation sites excluding steroid dienone is 16. The van der Waals surface area contributed by atoms with Gasteiger partial charge in [0.1, 0.15) is 0 Å². The van der Waals surface area contributed by atoms with Gasteiger partial charge >= 0.3 is 0 Å². The van der Waals surface area contributed by atoms with E-state index >= 15 is 0 Å². The molecule has 0 aromatic carbocycles. The molecule has 1 saturated heterocycles. The summed E-state index contributed by atoms with van der Waals surface area (Å²) in [5.41, 5.74) is 0. The molecule has 308 valence electrons. The Labute approximate surface area is 361 Å². The molecule has 20 heteroatoms. The molecule has 0 unspecified atom stereocenters. The summed E-state index contributed by atoms with van der Waals surface area (Å²) in [6.45, 7) is 0. The molecule has 1 fully saturated rings. The molecule has 0 spiro atoms. The second kappa shape index (κ2) is 36.4. The molecule has 0 amide bonds. The van der Waals surface area contributed by atoms with E-state index in [0.29, 0.717) is 0 Å². The van der Waals surface area contributed by atoms with Crippen molar-refractivity contribution in [2.45, 2.75) is 103 Å². The maximum absolute atomic E-state index is 10.6. The van der Waals surface area contributed by atoms with Crippen LogP contribution in [-0.4, -0.2) is 0 Å². The molecule has 0 bridgehead atoms. The van der Waals surface area contributed by atoms with Crippen LogP contribution in [0.2, 0.25) is 0 Å². The van der Waals surface area contributed by atoms with Gasteiger partial charge < -0.3 is 19.6 Å². The first-order valence-corrected chi connectivity index (χ1v) is 22.0. The molecule has 0 atom stereocenters. The van der Waals surface area contributed by atoms with Crippen LogP contribution in [0.1, 0.15) is 103 Å². The average molecular weight is 1160 g/mol. The number of phosphoric acid groups is 4. The molecule has 0 saturated carbocycles. The van der Waals surface area contributed by atoms with Gasteiger partial charge in [0.05, 0.1) is 0 Å². The summed E-state index contributed by atoms with van der Waals surface area (Å²) < 4.78 is 54.5. The van der Waals surface area contributed by atoms with Crippen molar-refractivity contribution in [3.05, 3.63) is 97.2 Å². The van der Waals surface area contributed by atoms with Gasteiger partial charge in [0.15, 0.2) is 0 Å². The molecule has 0 N–H and O–H groups in total. The first-order chi connectivity index (χ1) is 22.8. The smallest absolute Gasteiger partial charge is 0.280 e. The number of rotatable bonds is 0. The van der Waals surface area contributed by atoms with Crippen LogP contribution in [-0.2, 0) is 113 Å². The van der Waals surface area contributed by atoms with E-state index in [1.165, 1.54) is 103 Å². The molecule has 4 radical (unpaired) electrons. The minimum absolute atomic E-state index is 0. The summed E-state index contributed by atoms with van der Waals surface area (Å²) in [5.74, 6) is 0. The maximum Gasteiger partial charge on any atom is 0.280 e. The van der Waals surface area contributed by atoms with Crippen molar-refractivity contribution in [3.8, 4) is 0 Å². The van der Waals surface area contributed by atoms with Crippen LogP contribution in [0.25, 0.3) is 0 Å². The van der Waals surface area contributed by atoms with Gasteiger partial charge in [-0.2, -0.15) is 0 Å². The summed E-state index contributed by atoms with van der Waals surface area (Å²) in [5, 5.41) is 0. The van der Waals surface area contributed by atoms with Crippen LogP contribution in [0, 0.1) is 0 Å². The summed E-state index contributed by atoms with van der Waals surface area (Å²) in [6, 6.07) is 0. The Hall–Kier alpha value is 1.01. The molecule has 1 heterocycles. The van der Waals surface area contributed by atoms with Crippen molar-refractivity contribution < 1.29 is 133 Å². The van der Waals surface area contributed by atoms with Gasteiger partial charge in [-0.1, -0.05) is 97.2 Å². The first-order valence-electron chi connectivity index (χ1n) is 16.1. The van der Waals surface area contributed by atoms with Crippen LogP contribution in [0.5, 0.6) is 0 Å². The zero-order chi connectivity index (χ0) is 35.5. The molecule has 52 heavy (non-hydrogen) atoms. The van der Waals surface area contributed by atoms with E-state index in [1.807, 2.05) is 0 Å². The Balaban J connectivity index is -0.000000281. The van der Waals surface area contributed by atoms with Gasteiger partial charge in [-0.15, -0.1) is 0 Å². The number of hydrogen-bond acceptors (Lipinski definition) is 12. The topological polar surface area (TPSA) is 197 Å². The zero-order valence-corrected chi connectivity index (χ0v) is 38.7. The molecule has 5 rings (SSSR count). The van der Waals surface area contributed by atoms with Gasteiger partial charge in [0.25, 0.3) is 31.3 Å². The molecule has 4 aliphatic carbocycles. The Morgan fingerprint density at radius 3 is 0.404 bits per heavy atom. The van der Waals surface area contributed by atoms with Gasteiger partial charge in [-0.05, 0) is 103 Å². The standard InChI is InChI=1S/4C8H12.H4O12P4.4Rh/c4*1-2-4-6-8-7-5-3-1;1-13(2)9-14(3,4)11-16(7,8)12-15(5,6)10-13;;;;/h4*1-2,7-8H,3-6H2;(H,1,2)(H,3,4)(H,5,6)(H,7,8);;;;/p-4/b4*2-1-,8-7-;;;;;. The van der Waals surface area contributed by atoms with E-state index in [4.69, 9.17) is 0 Å². The third kappa shape index (κ3) is 39.3. The average Bonchev–Trinajstić information content (AvgIpc) is 2.85. The van der Waals surface area contributed by atoms with Gasteiger partial charge in [-0.3, -0.25) is 18.3 Å². The third-order valence-electron chi connectivity index (χ3n) is 6.13. The Bertz CT molecular complexity index is 1020. The van der Waals surface area contributed by atoms with Crippen molar-refractivity contribution in [2.75, 3.05) is 0 Å². The fourth-order valence-corrected chi connectivity index (χ4v) is 9.44. The fourth-order valence-electron chi connectivity index (χ4n) is 3.97. The van der Waals surface area contributed by atoms with Crippen molar-refractivity contribution in [1.82, 2.24) is 0 Å². The largest absolute Gasteiger partial charge is 0.756 e. The predicted octanol–water partition coefficient (Wildman–Crippen LogP) is 8.62. The van der Waals surface area contributed by atoms with Crippen LogP contribution in [0.15, 0.2) is 97.2 Å². The monoisotopic (exact) mass is 1160 g/mol. The second-order valence-corrected chi connectivity index (χ2v) is 16.7. The van der Waals surface area contributed by atoms with E-state index in [1.54, 1.807) is 0 Å². The third-order valence-corrected chi connectivity index (χ3v) is 12.5. The SMILES string of the molecule is C1=C\CC/C=C\CC/1.C1=C\CC/C=C\CC/1.C1=C\CC/C=C\CC/1.C1=C\CC/C=C\CC/1.O=P1([O-])OP(=O)([O-])OP(=O)([O-])OP(=O)([O-])O1.[Rh].[Rh].[Rh].[Rh]. The molecule has 0 aromatic rings. The van der Waals surface area contributed by atoms with E-state index in [-0.39, 0.29) is 77.9 Å². The summed E-state index contributed by atoms with van der Waals surface area (Å²) in [4.78, 5) is 42.2. The minimum atomic E-state index is -5.87. The van der Waals surface area contributed by atoms with Crippen LogP contribution in [0.4, 0.5) is 0 Å². The van der Waals surface area contributed by atoms with Crippen molar-refractivity contribution in [2.24, 2.45) is 0 Å². The van der Waals surface area contributed by atoms with E-state index in [2.05, 4.69) is 114 Å². The Morgan fingerprint density at radius 1 is 0.250 bits per heavy atom. The summed E-state index contributed by atoms with van der Waals surface area (Å²) in [6.07, 6.45) is 56.0. The molecule has 0 aromatic heterocycles. The molecular weight excluding hydrogens is 1110 g/mol. The minimum Gasteiger partial charge on any atom is -0.756 e. The van der Waals surface area contributed by atoms with Crippen LogP contribution >= 0.6 is 31.3 Å². The molecule has 12 nitrogen and oxygen atoms in total. The van der Waals surface area contributed by atoms with Gasteiger partial charge in [0.2, 0.25) is 0 Å². The normalized spacial score (nSPS) is 34.2. The van der Waals surface area contributed by atoms with Crippen molar-refractivity contribution in [1.29, 1.82) is 0 Å². The number of hydrogen-bond donors (Lipinski definition) is 0. The quantitative estimate of drug-likeness (QED) is 0.127. The molecule has 1 aliphatic heterocycles. The Kier molecular flexibility index (Phi) is 41.7. The van der Waals surface area contributed by atoms with Crippen molar-refractivity contribution in [3.63, 3.8) is 0 Å². The molecule has 5 aliphatic rings. The first kappa shape index (κ1) is 59.7. The predicted molar refractivity (Wildman–Crippen MR) is 182 cm³/mol. The van der Waals surface area contributed by atoms with E-state index in [9.17, 15) is 37.8 Å². The summed E-state index contributed by atoms with van der Waals surface area (Å²) in [7, 11) is -23.5. The zero-order valence-electron chi connectivity index (χ0n) is 28.6. The van der Waals surface area contributed by atoms with Gasteiger partial charge in [0, 0.05) is 77.9 Å². The summed E-state index contributed by atoms with van der Waals surface area (Å²) >= 11 is 0. The van der Waals surface area contributed by atoms with Gasteiger partial charge in [-0.25, -0.2) is 17.2 Å². The van der Waals surface area contributed by atoms with Crippen molar-refractivity contribution >= 4 is 31.3 Å². The van der Waals surface area contributed by atoms with E-state index in [0.717, 1.165) is 0 Å². The van der Waals surface area contributed by atoms with Crippen LogP contribution < -0.4 is 19.6 Å². The maximum atomic E-state index is 10.6. The van der Waals surface area contributed by atoms with E-state index < -0.39 is 31.3 Å². The molecular formula is C32H48O12P4Rh4-4. The van der Waals surface area contributed by atoms with Crippen LogP contribution in [0.3, 0.4) is 0 Å². The Morgan fingerprint density at radius 2 is 0.327 bits per heavy atom. The second-order valence-electron chi connectivity index (χ2n) is 10.5. The fraction of sp³-hybridized carbons (Fsp3) is 0.500.